The van der Waals surface area contributed by atoms with Gasteiger partial charge in [0.1, 0.15) is 5.75 Å². The molecular weight excluding hydrogens is 300 g/mol. The Hall–Kier alpha value is -1.26. The number of rotatable bonds is 5. The van der Waals surface area contributed by atoms with Crippen LogP contribution in [-0.2, 0) is 4.79 Å². The lowest BCUT2D eigenvalue weighted by Gasteiger charge is -2.34. The number of piperidine rings is 1. The first-order valence-corrected chi connectivity index (χ1v) is 8.25. The Bertz CT molecular complexity index is 519. The summed E-state index contributed by atoms with van der Waals surface area (Å²) in [7, 11) is 1.95. The molecule has 0 spiro atoms. The summed E-state index contributed by atoms with van der Waals surface area (Å²) in [5, 5.41) is 3.87. The van der Waals surface area contributed by atoms with Gasteiger partial charge in [-0.3, -0.25) is 4.79 Å². The summed E-state index contributed by atoms with van der Waals surface area (Å²) >= 11 is 5.95. The number of ether oxygens (including phenoxy) is 1. The van der Waals surface area contributed by atoms with Crippen LogP contribution in [0.4, 0.5) is 0 Å². The van der Waals surface area contributed by atoms with Crippen molar-refractivity contribution in [2.75, 3.05) is 26.7 Å². The molecule has 0 radical (unpaired) electrons. The van der Waals surface area contributed by atoms with Gasteiger partial charge >= 0.3 is 0 Å². The molecule has 0 aromatic heterocycles. The molecule has 1 amide bonds. The molecule has 1 aliphatic rings. The van der Waals surface area contributed by atoms with Crippen LogP contribution >= 0.6 is 11.6 Å². The molecule has 1 saturated heterocycles. The van der Waals surface area contributed by atoms with Crippen molar-refractivity contribution in [3.8, 4) is 5.75 Å². The number of likely N-dealkylation sites (tertiary alicyclic amines) is 1. The smallest absolute Gasteiger partial charge is 0.263 e. The van der Waals surface area contributed by atoms with E-state index in [1.54, 1.807) is 6.07 Å². The Balaban J connectivity index is 1.96. The van der Waals surface area contributed by atoms with E-state index in [2.05, 4.69) is 5.32 Å². The monoisotopic (exact) mass is 324 g/mol. The van der Waals surface area contributed by atoms with Gasteiger partial charge in [0, 0.05) is 18.1 Å². The van der Waals surface area contributed by atoms with Crippen LogP contribution in [0.5, 0.6) is 5.75 Å². The summed E-state index contributed by atoms with van der Waals surface area (Å²) in [5.41, 5.74) is 0.943. The Morgan fingerprint density at radius 1 is 1.55 bits per heavy atom. The summed E-state index contributed by atoms with van der Waals surface area (Å²) in [6.45, 7) is 6.34. The van der Waals surface area contributed by atoms with E-state index in [9.17, 15) is 4.79 Å². The van der Waals surface area contributed by atoms with Crippen molar-refractivity contribution >= 4 is 17.5 Å². The van der Waals surface area contributed by atoms with Gasteiger partial charge in [-0.2, -0.15) is 0 Å². The molecule has 0 aliphatic carbocycles. The van der Waals surface area contributed by atoms with E-state index < -0.39 is 6.10 Å². The van der Waals surface area contributed by atoms with Crippen LogP contribution in [0.2, 0.25) is 5.02 Å². The van der Waals surface area contributed by atoms with Gasteiger partial charge in [-0.05, 0) is 70.0 Å². The largest absolute Gasteiger partial charge is 0.481 e. The van der Waals surface area contributed by atoms with Crippen LogP contribution in [0.3, 0.4) is 0 Å². The fraction of sp³-hybridized carbons (Fsp3) is 0.588. The van der Waals surface area contributed by atoms with Crippen LogP contribution in [0, 0.1) is 12.8 Å². The third-order valence-corrected chi connectivity index (χ3v) is 4.35. The van der Waals surface area contributed by atoms with Crippen LogP contribution in [-0.4, -0.2) is 43.6 Å². The molecule has 122 valence electrons. The van der Waals surface area contributed by atoms with Gasteiger partial charge in [-0.25, -0.2) is 0 Å². The summed E-state index contributed by atoms with van der Waals surface area (Å²) in [6.07, 6.45) is 1.76. The quantitative estimate of drug-likeness (QED) is 0.905. The second-order valence-electron chi connectivity index (χ2n) is 6.02. The Morgan fingerprint density at radius 3 is 3.00 bits per heavy atom. The number of hydrogen-bond acceptors (Lipinski definition) is 3. The Kier molecular flexibility index (Phi) is 6.09. The predicted molar refractivity (Wildman–Crippen MR) is 89.5 cm³/mol. The molecule has 5 heteroatoms. The summed E-state index contributed by atoms with van der Waals surface area (Å²) in [5.74, 6) is 1.32. The SMILES string of the molecule is CNC[C@@H]1CCCN(C(=O)[C@H](C)Oc2ccc(Cl)cc2C)C1. The lowest BCUT2D eigenvalue weighted by atomic mass is 9.97. The van der Waals surface area contributed by atoms with E-state index in [1.165, 1.54) is 6.42 Å². The number of carbonyl (C=O) groups is 1. The van der Waals surface area contributed by atoms with Crippen molar-refractivity contribution in [3.63, 3.8) is 0 Å². The summed E-state index contributed by atoms with van der Waals surface area (Å²) in [6, 6.07) is 5.45. The number of amides is 1. The molecule has 1 aromatic carbocycles. The maximum Gasteiger partial charge on any atom is 0.263 e. The van der Waals surface area contributed by atoms with E-state index in [-0.39, 0.29) is 5.91 Å². The molecule has 0 saturated carbocycles. The number of halogens is 1. The molecule has 0 unspecified atom stereocenters. The fourth-order valence-electron chi connectivity index (χ4n) is 2.96. The Morgan fingerprint density at radius 2 is 2.32 bits per heavy atom. The van der Waals surface area contributed by atoms with E-state index in [1.807, 2.05) is 37.9 Å². The van der Waals surface area contributed by atoms with Gasteiger partial charge in [0.25, 0.3) is 5.91 Å². The minimum absolute atomic E-state index is 0.0650. The van der Waals surface area contributed by atoms with Crippen LogP contribution < -0.4 is 10.1 Å². The highest BCUT2D eigenvalue weighted by Gasteiger charge is 2.27. The van der Waals surface area contributed by atoms with Crippen molar-refractivity contribution < 1.29 is 9.53 Å². The summed E-state index contributed by atoms with van der Waals surface area (Å²) in [4.78, 5) is 14.5. The fourth-order valence-corrected chi connectivity index (χ4v) is 3.19. The van der Waals surface area contributed by atoms with Crippen molar-refractivity contribution in [1.82, 2.24) is 10.2 Å². The summed E-state index contributed by atoms with van der Waals surface area (Å²) < 4.78 is 5.84. The highest BCUT2D eigenvalue weighted by molar-refractivity contribution is 6.30. The van der Waals surface area contributed by atoms with E-state index in [4.69, 9.17) is 16.3 Å². The van der Waals surface area contributed by atoms with Gasteiger partial charge in [0.15, 0.2) is 6.10 Å². The highest BCUT2D eigenvalue weighted by Crippen LogP contribution is 2.24. The lowest BCUT2D eigenvalue weighted by Crippen LogP contribution is -2.47. The molecule has 1 N–H and O–H groups in total. The number of nitrogens with zero attached hydrogens (tertiary/aromatic N) is 1. The van der Waals surface area contributed by atoms with Gasteiger partial charge in [0.2, 0.25) is 0 Å². The molecule has 1 heterocycles. The number of nitrogens with one attached hydrogen (secondary N) is 1. The maximum atomic E-state index is 12.6. The average molecular weight is 325 g/mol. The second kappa shape index (κ2) is 7.84. The first-order valence-electron chi connectivity index (χ1n) is 7.87. The van der Waals surface area contributed by atoms with Crippen molar-refractivity contribution in [3.05, 3.63) is 28.8 Å². The third kappa shape index (κ3) is 4.37. The van der Waals surface area contributed by atoms with Crippen molar-refractivity contribution in [2.45, 2.75) is 32.8 Å². The number of hydrogen-bond donors (Lipinski definition) is 1. The first kappa shape index (κ1) is 17.1. The molecule has 4 nitrogen and oxygen atoms in total. The second-order valence-corrected chi connectivity index (χ2v) is 6.46. The topological polar surface area (TPSA) is 41.6 Å². The minimum atomic E-state index is -0.479. The van der Waals surface area contributed by atoms with Crippen LogP contribution in [0.1, 0.15) is 25.3 Å². The average Bonchev–Trinajstić information content (AvgIpc) is 2.50. The number of aryl methyl sites for hydroxylation is 1. The normalized spacial score (nSPS) is 19.8. The lowest BCUT2D eigenvalue weighted by molar-refractivity contribution is -0.139. The zero-order valence-electron chi connectivity index (χ0n) is 13.6. The molecule has 2 atom stereocenters. The zero-order valence-corrected chi connectivity index (χ0v) is 14.3. The number of carbonyl (C=O) groups excluding carboxylic acids is 1. The van der Waals surface area contributed by atoms with Crippen molar-refractivity contribution in [2.24, 2.45) is 5.92 Å². The Labute approximate surface area is 137 Å². The molecule has 1 aromatic rings. The van der Waals surface area contributed by atoms with Crippen molar-refractivity contribution in [1.29, 1.82) is 0 Å². The van der Waals surface area contributed by atoms with E-state index in [0.29, 0.717) is 16.7 Å². The molecule has 0 bridgehead atoms. The van der Waals surface area contributed by atoms with Gasteiger partial charge in [-0.15, -0.1) is 0 Å². The van der Waals surface area contributed by atoms with Gasteiger partial charge < -0.3 is 15.0 Å². The van der Waals surface area contributed by atoms with Gasteiger partial charge in [0.05, 0.1) is 0 Å². The molecule has 1 aliphatic heterocycles. The highest BCUT2D eigenvalue weighted by atomic mass is 35.5. The standard InChI is InChI=1S/C17H25ClN2O2/c1-12-9-15(18)6-7-16(12)22-13(2)17(21)20-8-4-5-14(11-20)10-19-3/h6-7,9,13-14,19H,4-5,8,10-11H2,1-3H3/t13-,14-/m0/s1. The van der Waals surface area contributed by atoms with E-state index in [0.717, 1.165) is 31.6 Å². The molecule has 22 heavy (non-hydrogen) atoms. The molecular formula is C17H25ClN2O2. The van der Waals surface area contributed by atoms with Crippen LogP contribution in [0.15, 0.2) is 18.2 Å². The predicted octanol–water partition coefficient (Wildman–Crippen LogP) is 2.87. The third-order valence-electron chi connectivity index (χ3n) is 4.11. The zero-order chi connectivity index (χ0) is 16.1. The first-order chi connectivity index (χ1) is 10.5. The van der Waals surface area contributed by atoms with E-state index >= 15 is 0 Å². The molecule has 2 rings (SSSR count). The van der Waals surface area contributed by atoms with Gasteiger partial charge in [-0.1, -0.05) is 11.6 Å². The van der Waals surface area contributed by atoms with Crippen LogP contribution in [0.25, 0.3) is 0 Å². The molecule has 1 fully saturated rings. The minimum Gasteiger partial charge on any atom is -0.481 e. The number of benzene rings is 1. The maximum absolute atomic E-state index is 12.6.